The van der Waals surface area contributed by atoms with Crippen LogP contribution in [0.1, 0.15) is 25.7 Å². The summed E-state index contributed by atoms with van der Waals surface area (Å²) in [6.07, 6.45) is 3.23. The molecule has 1 aliphatic rings. The van der Waals surface area contributed by atoms with Gasteiger partial charge in [0.15, 0.2) is 0 Å². The first-order valence-electron chi connectivity index (χ1n) is 2.90. The van der Waals surface area contributed by atoms with Crippen molar-refractivity contribution in [3.63, 3.8) is 0 Å². The van der Waals surface area contributed by atoms with Crippen LogP contribution in [0.15, 0.2) is 0 Å². The normalized spacial score (nSPS) is 24.7. The van der Waals surface area contributed by atoms with Crippen LogP contribution in [-0.2, 0) is 0 Å². The second kappa shape index (κ2) is 2.42. The largest absolute Gasteiger partial charge is 0.328 e. The fourth-order valence-corrected chi connectivity index (χ4v) is 0.896. The van der Waals surface area contributed by atoms with E-state index in [1.165, 1.54) is 0 Å². The minimum atomic E-state index is -2.35. The summed E-state index contributed by atoms with van der Waals surface area (Å²) in [5.74, 6) is -2.35. The van der Waals surface area contributed by atoms with Gasteiger partial charge in [-0.1, -0.05) is 0 Å². The van der Waals surface area contributed by atoms with Crippen molar-refractivity contribution >= 4 is 0 Å². The SMILES string of the molecule is FC1(F)CC[CH-]CC1.[Es]. The number of hydrogen-bond donors (Lipinski definition) is 0. The maximum Gasteiger partial charge on any atom is 0.243 e. The molecular formula is C6H9EsF2-. The maximum atomic E-state index is 12.2. The van der Waals surface area contributed by atoms with Crippen LogP contribution in [0.25, 0.3) is 0 Å². The van der Waals surface area contributed by atoms with Crippen LogP contribution < -0.4 is 0 Å². The van der Waals surface area contributed by atoms with Crippen LogP contribution in [0.3, 0.4) is 0 Å². The summed E-state index contributed by atoms with van der Waals surface area (Å²) in [5.41, 5.74) is 0. The van der Waals surface area contributed by atoms with E-state index >= 15 is 0 Å². The van der Waals surface area contributed by atoms with E-state index in [1.54, 1.807) is 0 Å². The van der Waals surface area contributed by atoms with Crippen LogP contribution in [0.2, 0.25) is 0 Å². The van der Waals surface area contributed by atoms with Gasteiger partial charge in [-0.15, -0.1) is 0 Å². The molecule has 0 unspecified atom stereocenters. The van der Waals surface area contributed by atoms with Gasteiger partial charge in [0.1, 0.15) is 0 Å². The molecule has 0 atom stereocenters. The van der Waals surface area contributed by atoms with Crippen LogP contribution in [-0.4, -0.2) is 5.92 Å². The Morgan fingerprint density at radius 1 is 1.11 bits per heavy atom. The Balaban J connectivity index is 0.000000640. The first-order chi connectivity index (χ1) is 3.71. The number of alkyl halides is 2. The van der Waals surface area contributed by atoms with Crippen LogP contribution in [0.4, 0.5) is 8.78 Å². The van der Waals surface area contributed by atoms with Gasteiger partial charge in [0, 0.05) is 0 Å². The van der Waals surface area contributed by atoms with E-state index in [0.717, 1.165) is 0 Å². The van der Waals surface area contributed by atoms with Crippen molar-refractivity contribution in [2.75, 3.05) is 0 Å². The average molecular weight is 371 g/mol. The van der Waals surface area contributed by atoms with Gasteiger partial charge >= 0.3 is 0 Å². The Bertz CT molecular complexity index is 75.1. The zero-order valence-electron chi connectivity index (χ0n) is 4.96. The van der Waals surface area contributed by atoms with Crippen molar-refractivity contribution in [3.8, 4) is 0 Å². The summed E-state index contributed by atoms with van der Waals surface area (Å²) >= 11 is 0. The van der Waals surface area contributed by atoms with E-state index in [2.05, 4.69) is 0 Å². The van der Waals surface area contributed by atoms with Crippen LogP contribution >= 0.6 is 0 Å². The fourth-order valence-electron chi connectivity index (χ4n) is 0.896. The van der Waals surface area contributed by atoms with Crippen molar-refractivity contribution < 1.29 is 8.78 Å². The molecule has 1 fully saturated rings. The quantitative estimate of drug-likeness (QED) is 0.574. The topological polar surface area (TPSA) is 0 Å². The van der Waals surface area contributed by atoms with Crippen molar-refractivity contribution in [1.29, 1.82) is 0 Å². The monoisotopic (exact) mass is 371 g/mol. The molecule has 59 valence electrons. The first-order valence-corrected chi connectivity index (χ1v) is 2.90. The Hall–Kier alpha value is -1.14. The van der Waals surface area contributed by atoms with Gasteiger partial charge in [0.25, 0.3) is 0 Å². The smallest absolute Gasteiger partial charge is 0.243 e. The number of rotatable bonds is 0. The van der Waals surface area contributed by atoms with E-state index in [9.17, 15) is 8.78 Å². The maximum absolute atomic E-state index is 12.2. The summed E-state index contributed by atoms with van der Waals surface area (Å²) in [6, 6.07) is 0. The van der Waals surface area contributed by atoms with Crippen molar-refractivity contribution in [3.05, 3.63) is 6.42 Å². The van der Waals surface area contributed by atoms with E-state index in [0.29, 0.717) is 12.8 Å². The molecule has 0 aromatic rings. The zero-order valence-corrected chi connectivity index (χ0v) is 7.47. The van der Waals surface area contributed by atoms with E-state index < -0.39 is 5.92 Å². The Kier molecular flexibility index (Phi) is 2.12. The van der Waals surface area contributed by atoms with E-state index in [1.807, 2.05) is 6.42 Å². The molecular weight excluding hydrogens is 362 g/mol. The van der Waals surface area contributed by atoms with Gasteiger partial charge in [-0.05, 0) is 12.8 Å². The minimum Gasteiger partial charge on any atom is -0.328 e. The molecule has 0 spiro atoms. The van der Waals surface area contributed by atoms with Gasteiger partial charge in [-0.25, -0.2) is 8.78 Å². The predicted octanol–water partition coefficient (Wildman–Crippen LogP) is 2.40. The molecule has 1 radical (unpaired) electrons. The number of halogens is 2. The minimum absolute atomic E-state index is 0. The third-order valence-corrected chi connectivity index (χ3v) is 1.43. The van der Waals surface area contributed by atoms with E-state index in [4.69, 9.17) is 0 Å². The average Bonchev–Trinajstić information content (AvgIpc) is 1.65. The van der Waals surface area contributed by atoms with Crippen molar-refractivity contribution in [2.24, 2.45) is 0 Å². The molecule has 1 aliphatic carbocycles. The molecule has 0 aliphatic heterocycles. The molecule has 1 saturated carbocycles. The predicted molar refractivity (Wildman–Crippen MR) is 27.7 cm³/mol. The van der Waals surface area contributed by atoms with Gasteiger partial charge in [0.2, 0.25) is 5.92 Å². The molecule has 3 heteroatoms. The molecule has 9 heavy (non-hydrogen) atoms. The number of hydrogen-bond acceptors (Lipinski definition) is 0. The Morgan fingerprint density at radius 2 is 1.56 bits per heavy atom. The third-order valence-electron chi connectivity index (χ3n) is 1.43. The van der Waals surface area contributed by atoms with Crippen LogP contribution in [0, 0.1) is 6.42 Å². The molecule has 0 nitrogen and oxygen atoms in total. The zero-order chi connectivity index (χ0) is 6.04. The molecule has 0 bridgehead atoms. The fraction of sp³-hybridized carbons (Fsp3) is 0.833. The standard InChI is InChI=1S/C6H9F2.Es/c7-6(8)4-2-1-3-5-6;/h1H,2-5H2;/q-1;. The molecule has 0 N–H and O–H groups in total. The summed E-state index contributed by atoms with van der Waals surface area (Å²) < 4.78 is 24.4. The van der Waals surface area contributed by atoms with Gasteiger partial charge in [0.05, 0.1) is 0 Å². The third kappa shape index (κ3) is 2.06. The molecule has 0 heterocycles. The second-order valence-electron chi connectivity index (χ2n) is 2.22. The molecule has 0 aromatic heterocycles. The second-order valence-corrected chi connectivity index (χ2v) is 2.22. The van der Waals surface area contributed by atoms with Gasteiger partial charge in [-0.2, -0.15) is 12.8 Å². The molecule has 0 saturated heterocycles. The first kappa shape index (κ1) is 7.86. The Labute approximate surface area is 47.9 Å². The summed E-state index contributed by atoms with van der Waals surface area (Å²) in [4.78, 5) is 0. The van der Waals surface area contributed by atoms with Crippen molar-refractivity contribution in [2.45, 2.75) is 31.6 Å². The van der Waals surface area contributed by atoms with E-state index in [-0.39, 0.29) is 12.8 Å². The van der Waals surface area contributed by atoms with Gasteiger partial charge < -0.3 is 6.42 Å². The summed E-state index contributed by atoms with van der Waals surface area (Å²) in [5, 5.41) is 0. The molecule has 0 aromatic carbocycles. The molecule has 0 amide bonds. The Morgan fingerprint density at radius 3 is 1.78 bits per heavy atom. The summed E-state index contributed by atoms with van der Waals surface area (Å²) in [7, 11) is 0. The van der Waals surface area contributed by atoms with Gasteiger partial charge in [-0.3, -0.25) is 0 Å². The van der Waals surface area contributed by atoms with Crippen LogP contribution in [0.5, 0.6) is 0 Å². The summed E-state index contributed by atoms with van der Waals surface area (Å²) in [6.45, 7) is 0. The molecule has 1 rings (SSSR count). The van der Waals surface area contributed by atoms with Crippen molar-refractivity contribution in [1.82, 2.24) is 0 Å².